The van der Waals surface area contributed by atoms with Gasteiger partial charge in [0.25, 0.3) is 0 Å². The number of rotatable bonds is 4. The molecule has 140 valence electrons. The molecule has 5 nitrogen and oxygen atoms in total. The maximum absolute atomic E-state index is 12.2. The van der Waals surface area contributed by atoms with Gasteiger partial charge in [0.2, 0.25) is 5.17 Å². The fourth-order valence-corrected chi connectivity index (χ4v) is 3.21. The van der Waals surface area contributed by atoms with Gasteiger partial charge in [0, 0.05) is 16.1 Å². The number of hydrogen-bond donors (Lipinski definition) is 2. The lowest BCUT2D eigenvalue weighted by molar-refractivity contribution is 0.102. The SMILES string of the molecule is CC(C)(C)c1ccc(C2=NNC(SCC(=O)c3ccc(Cl)cc3)=NN2)cc1. The number of hydrogen-bond acceptors (Lipinski definition) is 6. The molecule has 0 aliphatic carbocycles. The van der Waals surface area contributed by atoms with Crippen LogP contribution >= 0.6 is 23.4 Å². The predicted molar refractivity (Wildman–Crippen MR) is 114 cm³/mol. The molecule has 0 atom stereocenters. The third-order valence-electron chi connectivity index (χ3n) is 4.06. The van der Waals surface area contributed by atoms with E-state index in [1.807, 2.05) is 12.1 Å². The molecule has 0 bridgehead atoms. The van der Waals surface area contributed by atoms with Crippen LogP contribution in [0.25, 0.3) is 0 Å². The summed E-state index contributed by atoms with van der Waals surface area (Å²) in [4.78, 5) is 12.2. The molecule has 0 spiro atoms. The maximum atomic E-state index is 12.2. The highest BCUT2D eigenvalue weighted by Crippen LogP contribution is 2.22. The second-order valence-electron chi connectivity index (χ2n) is 7.15. The number of amidine groups is 2. The number of Topliss-reactive ketones (excluding diaryl/α,β-unsaturated/α-hetero) is 1. The van der Waals surface area contributed by atoms with Gasteiger partial charge in [-0.1, -0.05) is 68.4 Å². The van der Waals surface area contributed by atoms with E-state index in [0.717, 1.165) is 5.56 Å². The van der Waals surface area contributed by atoms with E-state index in [4.69, 9.17) is 11.6 Å². The Hall–Kier alpha value is -2.31. The Kier molecular flexibility index (Phi) is 5.87. The number of nitrogens with zero attached hydrogens (tertiary/aromatic N) is 2. The second kappa shape index (κ2) is 8.15. The van der Waals surface area contributed by atoms with Gasteiger partial charge in [-0.25, -0.2) is 0 Å². The lowest BCUT2D eigenvalue weighted by Gasteiger charge is -2.20. The number of carbonyl (C=O) groups is 1. The lowest BCUT2D eigenvalue weighted by Crippen LogP contribution is -2.33. The highest BCUT2D eigenvalue weighted by molar-refractivity contribution is 8.14. The van der Waals surface area contributed by atoms with Crippen molar-refractivity contribution >= 4 is 40.1 Å². The van der Waals surface area contributed by atoms with Gasteiger partial charge in [0.05, 0.1) is 5.75 Å². The molecule has 0 radical (unpaired) electrons. The van der Waals surface area contributed by atoms with Crippen molar-refractivity contribution in [3.05, 3.63) is 70.2 Å². The zero-order valence-electron chi connectivity index (χ0n) is 15.4. The summed E-state index contributed by atoms with van der Waals surface area (Å²) in [6, 6.07) is 15.1. The van der Waals surface area contributed by atoms with E-state index in [1.54, 1.807) is 24.3 Å². The summed E-state index contributed by atoms with van der Waals surface area (Å²) >= 11 is 7.14. The molecule has 2 aromatic carbocycles. The monoisotopic (exact) mass is 400 g/mol. The van der Waals surface area contributed by atoms with Crippen molar-refractivity contribution in [3.8, 4) is 0 Å². The fraction of sp³-hybridized carbons (Fsp3) is 0.250. The van der Waals surface area contributed by atoms with Crippen molar-refractivity contribution in [1.82, 2.24) is 10.9 Å². The molecule has 0 amide bonds. The molecule has 0 unspecified atom stereocenters. The topological polar surface area (TPSA) is 65.8 Å². The average Bonchev–Trinajstić information content (AvgIpc) is 2.66. The van der Waals surface area contributed by atoms with Crippen LogP contribution in [0.3, 0.4) is 0 Å². The number of ketones is 1. The third kappa shape index (κ3) is 5.11. The van der Waals surface area contributed by atoms with E-state index in [0.29, 0.717) is 21.6 Å². The zero-order valence-corrected chi connectivity index (χ0v) is 17.0. The van der Waals surface area contributed by atoms with E-state index in [-0.39, 0.29) is 17.0 Å². The molecule has 7 heteroatoms. The minimum absolute atomic E-state index is 0.00807. The summed E-state index contributed by atoms with van der Waals surface area (Å²) in [5, 5.41) is 9.72. The van der Waals surface area contributed by atoms with Gasteiger partial charge in [-0.05, 0) is 35.2 Å². The molecule has 0 aromatic heterocycles. The van der Waals surface area contributed by atoms with Crippen molar-refractivity contribution in [2.24, 2.45) is 10.2 Å². The molecule has 1 aliphatic rings. The summed E-state index contributed by atoms with van der Waals surface area (Å²) in [5.74, 6) is 0.915. The van der Waals surface area contributed by atoms with E-state index in [1.165, 1.54) is 17.3 Å². The minimum atomic E-state index is 0.00807. The highest BCUT2D eigenvalue weighted by Gasteiger charge is 2.16. The molecule has 0 saturated heterocycles. The van der Waals surface area contributed by atoms with Crippen molar-refractivity contribution < 1.29 is 4.79 Å². The van der Waals surface area contributed by atoms with Gasteiger partial charge in [-0.2, -0.15) is 5.10 Å². The van der Waals surface area contributed by atoms with Gasteiger partial charge in [-0.3, -0.25) is 15.6 Å². The molecule has 0 fully saturated rings. The Bertz CT molecular complexity index is 884. The zero-order chi connectivity index (χ0) is 19.4. The lowest BCUT2D eigenvalue weighted by atomic mass is 9.86. The average molecular weight is 401 g/mol. The third-order valence-corrected chi connectivity index (χ3v) is 5.17. The van der Waals surface area contributed by atoms with Crippen LogP contribution in [0, 0.1) is 0 Å². The standard InChI is InChI=1S/C20H21ClN4OS/c1-20(2,3)15-8-4-14(5-9-15)18-22-24-19(25-23-18)27-12-17(26)13-6-10-16(21)11-7-13/h4-11H,12H2,1-3H3,(H,22,23)(H,24,25). The Labute approximate surface area is 168 Å². The Morgan fingerprint density at radius 3 is 2.22 bits per heavy atom. The molecule has 0 saturated carbocycles. The largest absolute Gasteiger partial charge is 0.293 e. The first-order chi connectivity index (χ1) is 12.8. The maximum Gasteiger partial charge on any atom is 0.201 e. The Morgan fingerprint density at radius 2 is 1.67 bits per heavy atom. The van der Waals surface area contributed by atoms with Gasteiger partial charge in [0.1, 0.15) is 0 Å². The number of halogens is 1. The van der Waals surface area contributed by atoms with Crippen LogP contribution in [-0.4, -0.2) is 22.5 Å². The smallest absolute Gasteiger partial charge is 0.201 e. The van der Waals surface area contributed by atoms with Gasteiger partial charge < -0.3 is 0 Å². The first-order valence-corrected chi connectivity index (χ1v) is 9.89. The fourth-order valence-electron chi connectivity index (χ4n) is 2.43. The Morgan fingerprint density at radius 1 is 1.00 bits per heavy atom. The van der Waals surface area contributed by atoms with Crippen LogP contribution in [0.2, 0.25) is 5.02 Å². The molecule has 3 rings (SSSR count). The molecule has 27 heavy (non-hydrogen) atoms. The van der Waals surface area contributed by atoms with Crippen molar-refractivity contribution in [1.29, 1.82) is 0 Å². The van der Waals surface area contributed by atoms with Crippen LogP contribution in [-0.2, 0) is 5.41 Å². The summed E-state index contributed by atoms with van der Waals surface area (Å²) in [7, 11) is 0. The second-order valence-corrected chi connectivity index (χ2v) is 8.55. The van der Waals surface area contributed by atoms with E-state index >= 15 is 0 Å². The van der Waals surface area contributed by atoms with Crippen molar-refractivity contribution in [2.45, 2.75) is 26.2 Å². The minimum Gasteiger partial charge on any atom is -0.293 e. The number of benzene rings is 2. The first kappa shape index (κ1) is 19.5. The van der Waals surface area contributed by atoms with Crippen LogP contribution < -0.4 is 10.9 Å². The van der Waals surface area contributed by atoms with Crippen LogP contribution in [0.1, 0.15) is 42.3 Å². The van der Waals surface area contributed by atoms with Crippen LogP contribution in [0.15, 0.2) is 58.7 Å². The normalized spacial score (nSPS) is 13.9. The molecule has 1 aliphatic heterocycles. The molecule has 2 N–H and O–H groups in total. The van der Waals surface area contributed by atoms with Crippen LogP contribution in [0.4, 0.5) is 0 Å². The summed E-state index contributed by atoms with van der Waals surface area (Å²) in [6.45, 7) is 6.54. The first-order valence-electron chi connectivity index (χ1n) is 8.53. The van der Waals surface area contributed by atoms with Gasteiger partial charge in [-0.15, -0.1) is 5.10 Å². The van der Waals surface area contributed by atoms with Crippen molar-refractivity contribution in [2.75, 3.05) is 5.75 Å². The highest BCUT2D eigenvalue weighted by atomic mass is 35.5. The Balaban J connectivity index is 1.55. The van der Waals surface area contributed by atoms with Gasteiger partial charge in [0.15, 0.2) is 11.6 Å². The number of thioether (sulfide) groups is 1. The number of nitrogens with one attached hydrogen (secondary N) is 2. The van der Waals surface area contributed by atoms with Crippen molar-refractivity contribution in [3.63, 3.8) is 0 Å². The van der Waals surface area contributed by atoms with E-state index < -0.39 is 0 Å². The summed E-state index contributed by atoms with van der Waals surface area (Å²) < 4.78 is 0. The molecule has 1 heterocycles. The molecular weight excluding hydrogens is 380 g/mol. The molecular formula is C20H21ClN4OS. The van der Waals surface area contributed by atoms with Crippen LogP contribution in [0.5, 0.6) is 0 Å². The number of hydrazone groups is 2. The summed E-state index contributed by atoms with van der Waals surface area (Å²) in [6.07, 6.45) is 0. The molecule has 2 aromatic rings. The number of carbonyl (C=O) groups excluding carboxylic acids is 1. The van der Waals surface area contributed by atoms with E-state index in [9.17, 15) is 4.79 Å². The predicted octanol–water partition coefficient (Wildman–Crippen LogP) is 4.38. The quantitative estimate of drug-likeness (QED) is 0.747. The van der Waals surface area contributed by atoms with E-state index in [2.05, 4.69) is 54.0 Å². The van der Waals surface area contributed by atoms with Gasteiger partial charge >= 0.3 is 0 Å². The summed E-state index contributed by atoms with van der Waals surface area (Å²) in [5.41, 5.74) is 8.77.